The largest absolute Gasteiger partial charge is 0.495 e. The highest BCUT2D eigenvalue weighted by Gasteiger charge is 2.33. The molecule has 8 rings (SSSR count). The van der Waals surface area contributed by atoms with E-state index in [1.807, 2.05) is 18.2 Å². The second-order valence-electron chi connectivity index (χ2n) is 11.2. The number of carbonyl (C=O) groups excluding carboxylic acids is 2. The number of aromatic nitrogens is 2. The van der Waals surface area contributed by atoms with Gasteiger partial charge in [0.05, 0.1) is 55.8 Å². The number of fused-ring (bicyclic) bond motifs is 4. The SMILES string of the molecule is COc1c2cc(CN3CCOCC3)sc2c(OC)c2cccnc12.O=C1c2cc(CN3CCOCC3)sc2C(=O)c2cccnc21. The van der Waals surface area contributed by atoms with E-state index in [-0.39, 0.29) is 17.3 Å². The van der Waals surface area contributed by atoms with Crippen LogP contribution < -0.4 is 9.47 Å². The fourth-order valence-electron chi connectivity index (χ4n) is 6.12. The molecule has 0 atom stereocenters. The van der Waals surface area contributed by atoms with Crippen molar-refractivity contribution in [2.24, 2.45) is 0 Å². The van der Waals surface area contributed by atoms with Crippen molar-refractivity contribution < 1.29 is 28.5 Å². The number of nitrogens with zero attached hydrogens (tertiary/aromatic N) is 4. The van der Waals surface area contributed by atoms with Crippen LogP contribution in [0.2, 0.25) is 0 Å². The molecule has 238 valence electrons. The van der Waals surface area contributed by atoms with Crippen LogP contribution in [0.25, 0.3) is 21.0 Å². The third-order valence-electron chi connectivity index (χ3n) is 8.38. The van der Waals surface area contributed by atoms with Gasteiger partial charge < -0.3 is 18.9 Å². The van der Waals surface area contributed by atoms with E-state index in [0.29, 0.717) is 16.0 Å². The Morgan fingerprint density at radius 3 is 2.04 bits per heavy atom. The maximum absolute atomic E-state index is 12.5. The summed E-state index contributed by atoms with van der Waals surface area (Å²) in [7, 11) is 3.42. The number of benzene rings is 1. The molecule has 2 aliphatic heterocycles. The fraction of sp³-hybridized carbons (Fsp3) is 0.353. The van der Waals surface area contributed by atoms with Crippen LogP contribution in [0.4, 0.5) is 0 Å². The molecule has 0 N–H and O–H groups in total. The Labute approximate surface area is 274 Å². The number of pyridine rings is 2. The molecule has 3 aliphatic rings. The number of ketones is 2. The topological polar surface area (TPSA) is 103 Å². The van der Waals surface area contributed by atoms with Crippen molar-refractivity contribution in [1.29, 1.82) is 0 Å². The lowest BCUT2D eigenvalue weighted by atomic mass is 9.93. The van der Waals surface area contributed by atoms with Crippen LogP contribution in [0.5, 0.6) is 11.5 Å². The number of thiophene rings is 2. The molecule has 5 aromatic rings. The van der Waals surface area contributed by atoms with Crippen LogP contribution in [0.3, 0.4) is 0 Å². The van der Waals surface area contributed by atoms with Gasteiger partial charge in [-0.15, -0.1) is 22.7 Å². The maximum Gasteiger partial charge on any atom is 0.213 e. The monoisotopic (exact) mass is 658 g/mol. The molecule has 46 heavy (non-hydrogen) atoms. The Morgan fingerprint density at radius 1 is 0.739 bits per heavy atom. The van der Waals surface area contributed by atoms with E-state index in [1.54, 1.807) is 50.1 Å². The molecule has 12 heteroatoms. The molecule has 10 nitrogen and oxygen atoms in total. The van der Waals surface area contributed by atoms with Gasteiger partial charge in [0.1, 0.15) is 17.0 Å². The molecule has 0 amide bonds. The zero-order valence-corrected chi connectivity index (χ0v) is 27.4. The molecular formula is C34H34N4O6S2. The molecule has 0 saturated carbocycles. The Kier molecular flexibility index (Phi) is 9.07. The lowest BCUT2D eigenvalue weighted by Crippen LogP contribution is -2.35. The molecule has 0 bridgehead atoms. The Hall–Kier alpha value is -3.78. The second kappa shape index (κ2) is 13.5. The number of ether oxygens (including phenoxy) is 4. The first-order valence-electron chi connectivity index (χ1n) is 15.2. The van der Waals surface area contributed by atoms with Crippen molar-refractivity contribution >= 4 is 55.2 Å². The normalized spacial score (nSPS) is 17.0. The number of hydrogen-bond acceptors (Lipinski definition) is 12. The van der Waals surface area contributed by atoms with Crippen molar-refractivity contribution in [3.05, 3.63) is 80.2 Å². The van der Waals surface area contributed by atoms with Gasteiger partial charge in [-0.1, -0.05) is 0 Å². The van der Waals surface area contributed by atoms with E-state index in [0.717, 1.165) is 103 Å². The van der Waals surface area contributed by atoms with Crippen LogP contribution in [-0.2, 0) is 22.6 Å². The van der Waals surface area contributed by atoms with E-state index in [2.05, 4.69) is 25.8 Å². The van der Waals surface area contributed by atoms with E-state index in [1.165, 1.54) is 16.2 Å². The van der Waals surface area contributed by atoms with Crippen molar-refractivity contribution in [2.75, 3.05) is 66.8 Å². The number of rotatable bonds is 6. The smallest absolute Gasteiger partial charge is 0.213 e. The molecular weight excluding hydrogens is 625 g/mol. The summed E-state index contributed by atoms with van der Waals surface area (Å²) in [5, 5.41) is 2.07. The minimum absolute atomic E-state index is 0.0871. The molecule has 6 heterocycles. The van der Waals surface area contributed by atoms with Gasteiger partial charge >= 0.3 is 0 Å². The minimum Gasteiger partial charge on any atom is -0.495 e. The van der Waals surface area contributed by atoms with E-state index < -0.39 is 0 Å². The van der Waals surface area contributed by atoms with Gasteiger partial charge in [-0.25, -0.2) is 0 Å². The van der Waals surface area contributed by atoms with Gasteiger partial charge in [0.2, 0.25) is 11.6 Å². The van der Waals surface area contributed by atoms with Gasteiger partial charge in [-0.3, -0.25) is 29.4 Å². The molecule has 0 radical (unpaired) electrons. The number of carbonyl (C=O) groups is 2. The van der Waals surface area contributed by atoms with Gasteiger partial charge in [-0.2, -0.15) is 0 Å². The summed E-state index contributed by atoms with van der Waals surface area (Å²) in [6, 6.07) is 11.4. The van der Waals surface area contributed by atoms with Crippen molar-refractivity contribution in [3.63, 3.8) is 0 Å². The molecule has 0 unspecified atom stereocenters. The fourth-order valence-corrected chi connectivity index (χ4v) is 8.51. The molecule has 1 aliphatic carbocycles. The molecule has 0 spiro atoms. The van der Waals surface area contributed by atoms with Crippen molar-refractivity contribution in [1.82, 2.24) is 19.8 Å². The van der Waals surface area contributed by atoms with Gasteiger partial charge in [-0.05, 0) is 36.4 Å². The van der Waals surface area contributed by atoms with Crippen LogP contribution in [0.15, 0.2) is 48.8 Å². The molecule has 2 fully saturated rings. The highest BCUT2D eigenvalue weighted by atomic mass is 32.1. The Balaban J connectivity index is 0.000000147. The van der Waals surface area contributed by atoms with Crippen LogP contribution in [0, 0.1) is 0 Å². The molecule has 1 aromatic carbocycles. The third-order valence-corrected chi connectivity index (χ3v) is 10.6. The summed E-state index contributed by atoms with van der Waals surface area (Å²) < 4.78 is 23.3. The lowest BCUT2D eigenvalue weighted by molar-refractivity contribution is 0.0346. The average molecular weight is 659 g/mol. The predicted octanol–water partition coefficient (Wildman–Crippen LogP) is 5.05. The summed E-state index contributed by atoms with van der Waals surface area (Å²) in [6.07, 6.45) is 3.34. The Morgan fingerprint density at radius 2 is 1.37 bits per heavy atom. The predicted molar refractivity (Wildman–Crippen MR) is 178 cm³/mol. The second-order valence-corrected chi connectivity index (χ2v) is 13.5. The van der Waals surface area contributed by atoms with Crippen molar-refractivity contribution in [3.8, 4) is 11.5 Å². The Bertz CT molecular complexity index is 1800. The standard InChI is InChI=1S/C18H20N2O3S.C16H14N2O3S/c1-21-16-14-10-12(11-20-6-8-23-9-7-20)24-18(14)17(22-2)13-4-3-5-19-15(13)16;19-14-12-8-10(9-18-4-6-21-7-5-18)22-16(12)15(20)11-2-1-3-17-13(11)14/h3-5,10H,6-9,11H2,1-2H3;1-3,8H,4-7,9H2. The maximum atomic E-state index is 12.5. The molecule has 2 saturated heterocycles. The number of hydrogen-bond donors (Lipinski definition) is 0. The van der Waals surface area contributed by atoms with E-state index >= 15 is 0 Å². The summed E-state index contributed by atoms with van der Waals surface area (Å²) in [6.45, 7) is 8.49. The summed E-state index contributed by atoms with van der Waals surface area (Å²) in [5.74, 6) is 1.48. The third kappa shape index (κ3) is 5.92. The molecule has 4 aromatic heterocycles. The number of morpholine rings is 2. The summed E-state index contributed by atoms with van der Waals surface area (Å²) in [4.78, 5) is 41.2. The van der Waals surface area contributed by atoms with Gasteiger partial charge in [0.15, 0.2) is 5.75 Å². The minimum atomic E-state index is -0.144. The quantitative estimate of drug-likeness (QED) is 0.242. The first kappa shape index (κ1) is 30.9. The highest BCUT2D eigenvalue weighted by Crippen LogP contribution is 2.45. The van der Waals surface area contributed by atoms with Crippen LogP contribution in [-0.4, -0.2) is 98.2 Å². The van der Waals surface area contributed by atoms with Crippen LogP contribution >= 0.6 is 22.7 Å². The summed E-state index contributed by atoms with van der Waals surface area (Å²) >= 11 is 3.20. The first-order chi connectivity index (χ1) is 22.6. The van der Waals surface area contributed by atoms with Crippen LogP contribution in [0.1, 0.15) is 41.0 Å². The highest BCUT2D eigenvalue weighted by molar-refractivity contribution is 7.19. The van der Waals surface area contributed by atoms with E-state index in [4.69, 9.17) is 18.9 Å². The van der Waals surface area contributed by atoms with E-state index in [9.17, 15) is 9.59 Å². The average Bonchev–Trinajstić information content (AvgIpc) is 3.72. The lowest BCUT2D eigenvalue weighted by Gasteiger charge is -2.25. The zero-order valence-electron chi connectivity index (χ0n) is 25.7. The number of methoxy groups -OCH3 is 2. The van der Waals surface area contributed by atoms with Gasteiger partial charge in [0.25, 0.3) is 0 Å². The first-order valence-corrected chi connectivity index (χ1v) is 16.9. The van der Waals surface area contributed by atoms with Gasteiger partial charge in [0, 0.05) is 77.8 Å². The zero-order chi connectivity index (χ0) is 31.6. The summed E-state index contributed by atoms with van der Waals surface area (Å²) in [5.41, 5.74) is 2.04. The van der Waals surface area contributed by atoms with Crippen molar-refractivity contribution in [2.45, 2.75) is 13.1 Å².